The zero-order valence-corrected chi connectivity index (χ0v) is 73.8. The highest BCUT2D eigenvalue weighted by Crippen LogP contribution is 2.45. The maximum Gasteiger partial charge on any atom is 0.472 e. The Labute approximate surface area is 691 Å². The summed E-state index contributed by atoms with van der Waals surface area (Å²) in [5.74, 6) is -1.57. The molecular weight excluding hydrogens is 1460 g/mol. The van der Waals surface area contributed by atoms with Crippen LogP contribution in [-0.4, -0.2) is 95.9 Å². The van der Waals surface area contributed by atoms with Crippen molar-refractivity contribution in [2.24, 2.45) is 0 Å². The molecule has 0 saturated carbocycles. The first-order valence-electron chi connectivity index (χ1n) is 45.8. The van der Waals surface area contributed by atoms with Crippen molar-refractivity contribution < 1.29 is 75.8 Å². The van der Waals surface area contributed by atoms with Gasteiger partial charge in [-0.2, -0.15) is 0 Å². The fourth-order valence-corrected chi connectivity index (χ4v) is 14.3. The van der Waals surface area contributed by atoms with Crippen LogP contribution >= 0.6 is 15.6 Å². The molecule has 0 aromatic carbocycles. The number of allylic oxidation sites excluding steroid dienone is 20. The van der Waals surface area contributed by atoms with Gasteiger partial charge in [0.05, 0.1) is 26.4 Å². The third-order valence-electron chi connectivity index (χ3n) is 19.6. The maximum absolute atomic E-state index is 13.0. The summed E-state index contributed by atoms with van der Waals surface area (Å²) in [7, 11) is -9.79. The molecule has 654 valence electrons. The third-order valence-corrected chi connectivity index (χ3v) is 21.5. The first-order chi connectivity index (χ1) is 55.2. The molecule has 0 aliphatic heterocycles. The van der Waals surface area contributed by atoms with Crippen LogP contribution < -0.4 is 0 Å². The molecule has 18 heteroatoms. The summed E-state index contributed by atoms with van der Waals surface area (Å²) in [6.45, 7) is 2.54. The van der Waals surface area contributed by atoms with Gasteiger partial charge >= 0.3 is 33.6 Å². The molecule has 5 unspecified atom stereocenters. The van der Waals surface area contributed by atoms with Gasteiger partial charge in [0.1, 0.15) is 25.4 Å². The van der Waals surface area contributed by atoms with Crippen LogP contribution in [0.1, 0.15) is 406 Å². The van der Waals surface area contributed by atoms with Gasteiger partial charge in [-0.25, -0.2) is 9.13 Å². The Morgan fingerprint density at radius 2 is 0.478 bits per heavy atom. The number of carbonyl (C=O) groups is 3. The molecule has 0 saturated heterocycles. The SMILES string of the molecule is CC/C=C\C/C=C\C/C=C\C/C=C\C/C=C\CCCCCCCCCCCCCCCCCC(=O)OCC(COP(=O)(O)OCC(O)COP(=O)(O)OCC(O)COC(=O)CCCCCCCCCCCCCCCCCCCCC/C=C\C/C=C\C/C=C\C/C=C\CCCCC)OC(=O)CCCCCCC/C=C\CCCC. The van der Waals surface area contributed by atoms with E-state index < -0.39 is 91.5 Å². The Hall–Kier alpha value is -4.05. The highest BCUT2D eigenvalue weighted by atomic mass is 31.2. The molecule has 0 rings (SSSR count). The topological polar surface area (TPSA) is 231 Å². The molecule has 16 nitrogen and oxygen atoms in total. The maximum atomic E-state index is 13.0. The average Bonchev–Trinajstić information content (AvgIpc) is 0.897. The van der Waals surface area contributed by atoms with Gasteiger partial charge in [0.15, 0.2) is 6.10 Å². The normalized spacial score (nSPS) is 14.4. The lowest BCUT2D eigenvalue weighted by Crippen LogP contribution is -2.30. The number of ether oxygens (including phenoxy) is 3. The second-order valence-electron chi connectivity index (χ2n) is 30.7. The van der Waals surface area contributed by atoms with E-state index in [4.69, 9.17) is 32.3 Å². The van der Waals surface area contributed by atoms with E-state index in [1.54, 1.807) is 0 Å². The summed E-state index contributed by atoms with van der Waals surface area (Å²) in [5.41, 5.74) is 0. The van der Waals surface area contributed by atoms with Crippen molar-refractivity contribution in [1.82, 2.24) is 0 Å². The molecule has 113 heavy (non-hydrogen) atoms. The van der Waals surface area contributed by atoms with Crippen LogP contribution in [0.25, 0.3) is 0 Å². The number of carbonyl (C=O) groups excluding carboxylic acids is 3. The molecule has 0 fully saturated rings. The van der Waals surface area contributed by atoms with E-state index in [0.29, 0.717) is 19.3 Å². The molecule has 0 aromatic heterocycles. The van der Waals surface area contributed by atoms with Crippen molar-refractivity contribution in [3.8, 4) is 0 Å². The van der Waals surface area contributed by atoms with Crippen molar-refractivity contribution in [2.45, 2.75) is 424 Å². The highest BCUT2D eigenvalue weighted by Gasteiger charge is 2.29. The van der Waals surface area contributed by atoms with Crippen molar-refractivity contribution >= 4 is 33.6 Å². The summed E-state index contributed by atoms with van der Waals surface area (Å²) >= 11 is 0. The van der Waals surface area contributed by atoms with E-state index in [9.17, 15) is 43.5 Å². The van der Waals surface area contributed by atoms with Crippen LogP contribution in [0.3, 0.4) is 0 Å². The second kappa shape index (κ2) is 87.3. The lowest BCUT2D eigenvalue weighted by molar-refractivity contribution is -0.161. The summed E-state index contributed by atoms with van der Waals surface area (Å²) in [5, 5.41) is 20.7. The molecule has 4 N–H and O–H groups in total. The minimum absolute atomic E-state index is 0.0951. The fourth-order valence-electron chi connectivity index (χ4n) is 12.7. The number of esters is 3. The Kier molecular flexibility index (Phi) is 84.1. The molecule has 0 spiro atoms. The van der Waals surface area contributed by atoms with E-state index in [-0.39, 0.29) is 19.3 Å². The predicted octanol–water partition coefficient (Wildman–Crippen LogP) is 28.0. The van der Waals surface area contributed by atoms with Gasteiger partial charge in [-0.3, -0.25) is 32.5 Å². The molecule has 0 aromatic rings. The van der Waals surface area contributed by atoms with Gasteiger partial charge in [0.2, 0.25) is 0 Å². The highest BCUT2D eigenvalue weighted by molar-refractivity contribution is 7.47. The standard InChI is InChI=1S/C95H168O16P2/c1-4-7-10-13-16-19-22-24-26-28-30-32-34-36-38-40-42-43-44-45-47-49-50-52-54-56-58-60-62-64-67-69-72-75-78-81-93(98)105-84-90(96)85-107-112(101,102)108-86-91(97)87-109-113(103,104)110-89-92(111-95(100)83-80-77-74-71-66-21-18-15-12-9-6-3)88-106-94(99)82-79-76-73-70-68-65-63-61-59-57-55-53-51-48-46-41-39-37-35-33-31-29-27-25-23-20-17-14-11-8-5-2/h8,11,15-20,24-27,30-33,36-39,90-92,96-97H,4-7,9-10,12-14,21-23,28-29,34-35,40-89H2,1-3H3,(H,101,102)(H,103,104)/b11-8-,18-15-,19-16-,20-17-,26-24-,27-25-,32-30-,33-31-,38-36-,39-37-. The van der Waals surface area contributed by atoms with Gasteiger partial charge in [0, 0.05) is 19.3 Å². The van der Waals surface area contributed by atoms with Crippen molar-refractivity contribution in [1.29, 1.82) is 0 Å². The van der Waals surface area contributed by atoms with Crippen LogP contribution in [0.4, 0.5) is 0 Å². The molecule has 5 atom stereocenters. The van der Waals surface area contributed by atoms with Crippen LogP contribution in [0, 0.1) is 0 Å². The Morgan fingerprint density at radius 1 is 0.257 bits per heavy atom. The Bertz CT molecular complexity index is 2540. The lowest BCUT2D eigenvalue weighted by atomic mass is 10.0. The molecule has 0 aliphatic rings. The molecule has 0 radical (unpaired) electrons. The largest absolute Gasteiger partial charge is 0.472 e. The number of rotatable bonds is 87. The number of aliphatic hydroxyl groups is 2. The second-order valence-corrected chi connectivity index (χ2v) is 33.6. The number of aliphatic hydroxyl groups excluding tert-OH is 2. The van der Waals surface area contributed by atoms with E-state index >= 15 is 0 Å². The van der Waals surface area contributed by atoms with Crippen LogP contribution in [0.2, 0.25) is 0 Å². The number of hydrogen-bond donors (Lipinski definition) is 4. The third kappa shape index (κ3) is 88.6. The number of hydrogen-bond acceptors (Lipinski definition) is 14. The van der Waals surface area contributed by atoms with Gasteiger partial charge in [-0.1, -0.05) is 380 Å². The lowest BCUT2D eigenvalue weighted by Gasteiger charge is -2.21. The molecule has 0 bridgehead atoms. The minimum atomic E-state index is -4.93. The molecule has 0 amide bonds. The number of phosphoric ester groups is 2. The smallest absolute Gasteiger partial charge is 0.463 e. The van der Waals surface area contributed by atoms with Crippen LogP contribution in [0.15, 0.2) is 122 Å². The monoisotopic (exact) mass is 1630 g/mol. The zero-order chi connectivity index (χ0) is 82.2. The van der Waals surface area contributed by atoms with Crippen molar-refractivity contribution in [2.75, 3.05) is 39.6 Å². The van der Waals surface area contributed by atoms with E-state index in [0.717, 1.165) is 128 Å². The quantitative estimate of drug-likeness (QED) is 0.0146. The van der Waals surface area contributed by atoms with Gasteiger partial charge in [-0.05, 0) is 128 Å². The predicted molar refractivity (Wildman–Crippen MR) is 473 cm³/mol. The van der Waals surface area contributed by atoms with Gasteiger partial charge < -0.3 is 34.2 Å². The fraction of sp³-hybridized carbons (Fsp3) is 0.758. The van der Waals surface area contributed by atoms with Crippen LogP contribution in [0.5, 0.6) is 0 Å². The van der Waals surface area contributed by atoms with Gasteiger partial charge in [0.25, 0.3) is 0 Å². The molecule has 0 aliphatic carbocycles. The van der Waals surface area contributed by atoms with Crippen LogP contribution in [-0.2, 0) is 55.8 Å². The molecule has 0 heterocycles. The summed E-state index contributed by atoms with van der Waals surface area (Å²) < 4.78 is 61.3. The van der Waals surface area contributed by atoms with Crippen molar-refractivity contribution in [3.05, 3.63) is 122 Å². The molecular formula is C95H168O16P2. The van der Waals surface area contributed by atoms with Gasteiger partial charge in [-0.15, -0.1) is 0 Å². The summed E-state index contributed by atoms with van der Waals surface area (Å²) in [4.78, 5) is 58.7. The van der Waals surface area contributed by atoms with E-state index in [1.165, 1.54) is 218 Å². The Morgan fingerprint density at radius 3 is 0.779 bits per heavy atom. The van der Waals surface area contributed by atoms with Crippen molar-refractivity contribution in [3.63, 3.8) is 0 Å². The minimum Gasteiger partial charge on any atom is -0.463 e. The number of unbranched alkanes of at least 4 members (excludes halogenated alkanes) is 44. The first kappa shape index (κ1) is 109. The zero-order valence-electron chi connectivity index (χ0n) is 72.0. The summed E-state index contributed by atoms with van der Waals surface area (Å²) in [6.07, 6.45) is 107. The average molecular weight is 1630 g/mol. The van der Waals surface area contributed by atoms with E-state index in [2.05, 4.69) is 142 Å². The summed E-state index contributed by atoms with van der Waals surface area (Å²) in [6, 6.07) is 0. The number of phosphoric acid groups is 2. The first-order valence-corrected chi connectivity index (χ1v) is 48.8. The Balaban J connectivity index is 4.31. The van der Waals surface area contributed by atoms with E-state index in [1.807, 2.05) is 0 Å².